The number of carbonyl (C=O) groups is 2. The molecular weight excluding hydrogens is 354 g/mol. The van der Waals surface area contributed by atoms with E-state index < -0.39 is 0 Å². The highest BCUT2D eigenvalue weighted by molar-refractivity contribution is 6.31. The maximum atomic E-state index is 12.5. The van der Waals surface area contributed by atoms with Crippen molar-refractivity contribution in [2.75, 3.05) is 45.2 Å². The lowest BCUT2D eigenvalue weighted by Crippen LogP contribution is -2.43. The molecule has 1 N–H and O–H groups in total. The minimum absolute atomic E-state index is 0.102. The smallest absolute Gasteiger partial charge is 0.238 e. The minimum atomic E-state index is -0.102. The van der Waals surface area contributed by atoms with E-state index in [0.29, 0.717) is 28.9 Å². The standard InChI is InChI=1S/C19H26ClN3O3/c1-26-17-5-4-15(20)12-16(17)21-18(24)13-22-10-6-14(7-11-22)19(25)23-8-2-3-9-23/h4-5,12,14H,2-3,6-11,13H2,1H3,(H,21,24). The summed E-state index contributed by atoms with van der Waals surface area (Å²) >= 11 is 6.00. The largest absolute Gasteiger partial charge is 0.495 e. The van der Waals surface area contributed by atoms with Gasteiger partial charge in [-0.1, -0.05) is 11.6 Å². The van der Waals surface area contributed by atoms with E-state index in [1.807, 2.05) is 4.90 Å². The van der Waals surface area contributed by atoms with Gasteiger partial charge in [-0.2, -0.15) is 0 Å². The Bertz CT molecular complexity index is 653. The molecule has 2 heterocycles. The maximum absolute atomic E-state index is 12.5. The summed E-state index contributed by atoms with van der Waals surface area (Å²) in [5, 5.41) is 3.41. The lowest BCUT2D eigenvalue weighted by atomic mass is 9.95. The summed E-state index contributed by atoms with van der Waals surface area (Å²) in [6.07, 6.45) is 3.89. The monoisotopic (exact) mass is 379 g/mol. The summed E-state index contributed by atoms with van der Waals surface area (Å²) in [5.41, 5.74) is 0.573. The third kappa shape index (κ3) is 4.68. The van der Waals surface area contributed by atoms with Crippen molar-refractivity contribution in [2.24, 2.45) is 5.92 Å². The van der Waals surface area contributed by atoms with E-state index in [4.69, 9.17) is 16.3 Å². The zero-order chi connectivity index (χ0) is 18.5. The van der Waals surface area contributed by atoms with E-state index in [2.05, 4.69) is 10.2 Å². The van der Waals surface area contributed by atoms with Crippen molar-refractivity contribution >= 4 is 29.1 Å². The van der Waals surface area contributed by atoms with Gasteiger partial charge in [-0.3, -0.25) is 14.5 Å². The Labute approximate surface area is 159 Å². The second-order valence-corrected chi connectivity index (χ2v) is 7.41. The molecule has 0 saturated carbocycles. The maximum Gasteiger partial charge on any atom is 0.238 e. The highest BCUT2D eigenvalue weighted by Gasteiger charge is 2.30. The summed E-state index contributed by atoms with van der Waals surface area (Å²) in [7, 11) is 1.56. The molecule has 26 heavy (non-hydrogen) atoms. The lowest BCUT2D eigenvalue weighted by Gasteiger charge is -2.32. The number of methoxy groups -OCH3 is 1. The van der Waals surface area contributed by atoms with E-state index in [1.54, 1.807) is 25.3 Å². The Kier molecular flexibility index (Phi) is 6.38. The first kappa shape index (κ1) is 19.0. The van der Waals surface area contributed by atoms with Gasteiger partial charge in [-0.15, -0.1) is 0 Å². The highest BCUT2D eigenvalue weighted by atomic mass is 35.5. The third-order valence-electron chi connectivity index (χ3n) is 5.16. The molecule has 0 atom stereocenters. The van der Waals surface area contributed by atoms with Crippen molar-refractivity contribution in [1.29, 1.82) is 0 Å². The van der Waals surface area contributed by atoms with Gasteiger partial charge in [0.05, 0.1) is 19.3 Å². The molecule has 6 nitrogen and oxygen atoms in total. The van der Waals surface area contributed by atoms with Crippen molar-refractivity contribution in [3.63, 3.8) is 0 Å². The quantitative estimate of drug-likeness (QED) is 0.854. The van der Waals surface area contributed by atoms with Crippen LogP contribution in [0.25, 0.3) is 0 Å². The van der Waals surface area contributed by atoms with Crippen LogP contribution in [0, 0.1) is 5.92 Å². The molecule has 3 rings (SSSR count). The summed E-state index contributed by atoms with van der Waals surface area (Å²) in [6.45, 7) is 3.65. The molecule has 142 valence electrons. The molecule has 1 aromatic rings. The van der Waals surface area contributed by atoms with Crippen LogP contribution in [0.5, 0.6) is 5.75 Å². The zero-order valence-corrected chi connectivity index (χ0v) is 15.9. The van der Waals surface area contributed by atoms with E-state index in [9.17, 15) is 9.59 Å². The predicted octanol–water partition coefficient (Wildman–Crippen LogP) is 2.62. The lowest BCUT2D eigenvalue weighted by molar-refractivity contribution is -0.136. The number of hydrogen-bond donors (Lipinski definition) is 1. The Morgan fingerprint density at radius 2 is 1.88 bits per heavy atom. The van der Waals surface area contributed by atoms with E-state index >= 15 is 0 Å². The SMILES string of the molecule is COc1ccc(Cl)cc1NC(=O)CN1CCC(C(=O)N2CCCC2)CC1. The minimum Gasteiger partial charge on any atom is -0.495 e. The number of nitrogens with one attached hydrogen (secondary N) is 1. The second kappa shape index (κ2) is 8.73. The molecule has 2 fully saturated rings. The van der Waals surface area contributed by atoms with Crippen LogP contribution in [0.15, 0.2) is 18.2 Å². The topological polar surface area (TPSA) is 61.9 Å². The number of likely N-dealkylation sites (tertiary alicyclic amines) is 2. The number of hydrogen-bond acceptors (Lipinski definition) is 4. The van der Waals surface area contributed by atoms with Crippen LogP contribution in [0.4, 0.5) is 5.69 Å². The molecule has 0 unspecified atom stereocenters. The Hall–Kier alpha value is -1.79. The average Bonchev–Trinajstić information content (AvgIpc) is 3.16. The number of ether oxygens (including phenoxy) is 1. The molecule has 1 aromatic carbocycles. The van der Waals surface area contributed by atoms with Gasteiger partial charge >= 0.3 is 0 Å². The number of halogens is 1. The number of nitrogens with zero attached hydrogens (tertiary/aromatic N) is 2. The van der Waals surface area contributed by atoms with Gasteiger partial charge in [-0.05, 0) is 57.0 Å². The second-order valence-electron chi connectivity index (χ2n) is 6.98. The number of piperidine rings is 1. The summed E-state index contributed by atoms with van der Waals surface area (Å²) in [5.74, 6) is 0.892. The molecule has 0 aromatic heterocycles. The van der Waals surface area contributed by atoms with Gasteiger partial charge < -0.3 is 15.0 Å². The molecule has 2 saturated heterocycles. The molecule has 2 aliphatic rings. The summed E-state index contributed by atoms with van der Waals surface area (Å²) in [6, 6.07) is 5.13. The first-order valence-electron chi connectivity index (χ1n) is 9.21. The van der Waals surface area contributed by atoms with Gasteiger partial charge in [-0.25, -0.2) is 0 Å². The van der Waals surface area contributed by atoms with Crippen molar-refractivity contribution < 1.29 is 14.3 Å². The fourth-order valence-corrected chi connectivity index (χ4v) is 3.88. The number of rotatable bonds is 5. The molecule has 0 radical (unpaired) electrons. The van der Waals surface area contributed by atoms with Crippen LogP contribution in [0.1, 0.15) is 25.7 Å². The number of carbonyl (C=O) groups excluding carboxylic acids is 2. The van der Waals surface area contributed by atoms with Gasteiger partial charge in [0.25, 0.3) is 0 Å². The van der Waals surface area contributed by atoms with Crippen LogP contribution in [-0.4, -0.2) is 61.4 Å². The number of benzene rings is 1. The summed E-state index contributed by atoms with van der Waals surface area (Å²) in [4.78, 5) is 28.9. The average molecular weight is 380 g/mol. The van der Waals surface area contributed by atoms with Crippen molar-refractivity contribution in [1.82, 2.24) is 9.80 Å². The number of amides is 2. The van der Waals surface area contributed by atoms with Gasteiger partial charge in [0, 0.05) is 24.0 Å². The molecular formula is C19H26ClN3O3. The Morgan fingerprint density at radius 3 is 2.54 bits per heavy atom. The molecule has 2 aliphatic heterocycles. The van der Waals surface area contributed by atoms with Crippen LogP contribution < -0.4 is 10.1 Å². The van der Waals surface area contributed by atoms with Crippen LogP contribution in [0.3, 0.4) is 0 Å². The van der Waals surface area contributed by atoms with Crippen molar-refractivity contribution in [3.8, 4) is 5.75 Å². The molecule has 2 amide bonds. The van der Waals surface area contributed by atoms with E-state index in [-0.39, 0.29) is 11.8 Å². The third-order valence-corrected chi connectivity index (χ3v) is 5.39. The predicted molar refractivity (Wildman–Crippen MR) is 102 cm³/mol. The van der Waals surface area contributed by atoms with Gasteiger partial charge in [0.2, 0.25) is 11.8 Å². The van der Waals surface area contributed by atoms with E-state index in [0.717, 1.165) is 51.9 Å². The molecule has 0 spiro atoms. The molecule has 0 aliphatic carbocycles. The van der Waals surface area contributed by atoms with Crippen molar-refractivity contribution in [3.05, 3.63) is 23.2 Å². The molecule has 0 bridgehead atoms. The molecule has 7 heteroatoms. The number of anilines is 1. The van der Waals surface area contributed by atoms with E-state index in [1.165, 1.54) is 0 Å². The fourth-order valence-electron chi connectivity index (χ4n) is 3.70. The first-order chi connectivity index (χ1) is 12.6. The fraction of sp³-hybridized carbons (Fsp3) is 0.579. The highest BCUT2D eigenvalue weighted by Crippen LogP contribution is 2.28. The van der Waals surface area contributed by atoms with Crippen LogP contribution in [0.2, 0.25) is 5.02 Å². The van der Waals surface area contributed by atoms with Crippen LogP contribution >= 0.6 is 11.6 Å². The van der Waals surface area contributed by atoms with Gasteiger partial charge in [0.1, 0.15) is 5.75 Å². The van der Waals surface area contributed by atoms with Gasteiger partial charge in [0.15, 0.2) is 0 Å². The van der Waals surface area contributed by atoms with Crippen molar-refractivity contribution in [2.45, 2.75) is 25.7 Å². The van der Waals surface area contributed by atoms with Crippen LogP contribution in [-0.2, 0) is 9.59 Å². The normalized spacial score (nSPS) is 18.8. The summed E-state index contributed by atoms with van der Waals surface area (Å²) < 4.78 is 5.25. The first-order valence-corrected chi connectivity index (χ1v) is 9.59. The Morgan fingerprint density at radius 1 is 1.19 bits per heavy atom. The Balaban J connectivity index is 1.47. The zero-order valence-electron chi connectivity index (χ0n) is 15.2.